The Bertz CT molecular complexity index is 1230. The highest BCUT2D eigenvalue weighted by Gasteiger charge is 2.20. The molecule has 1 aromatic carbocycles. The van der Waals surface area contributed by atoms with Gasteiger partial charge in [0.2, 0.25) is 5.78 Å². The number of aryl methyl sites for hydroxylation is 2. The first-order valence-electron chi connectivity index (χ1n) is 10.5. The van der Waals surface area contributed by atoms with Gasteiger partial charge in [-0.2, -0.15) is 0 Å². The number of nitrogens with one attached hydrogen (secondary N) is 1. The van der Waals surface area contributed by atoms with E-state index in [1.54, 1.807) is 12.1 Å². The summed E-state index contributed by atoms with van der Waals surface area (Å²) in [6, 6.07) is 10.9. The Hall–Kier alpha value is -3.59. The molecular weight excluding hydrogens is 444 g/mol. The fraction of sp³-hybridized carbons (Fsp3) is 0.292. The number of nitrogens with zero attached hydrogens (tertiary/aromatic N) is 1. The Balaban J connectivity index is 1.38. The molecular formula is C24H24N2O6S. The first kappa shape index (κ1) is 22.6. The lowest BCUT2D eigenvalue weighted by atomic mass is 10.1. The van der Waals surface area contributed by atoms with E-state index in [4.69, 9.17) is 14.2 Å². The summed E-state index contributed by atoms with van der Waals surface area (Å²) >= 11 is 1.34. The van der Waals surface area contributed by atoms with Crippen LogP contribution in [0.1, 0.15) is 36.3 Å². The van der Waals surface area contributed by atoms with E-state index in [0.717, 1.165) is 22.0 Å². The van der Waals surface area contributed by atoms with Crippen LogP contribution in [0.5, 0.6) is 11.5 Å². The van der Waals surface area contributed by atoms with Gasteiger partial charge in [0, 0.05) is 33.6 Å². The highest BCUT2D eigenvalue weighted by Crippen LogP contribution is 2.33. The van der Waals surface area contributed by atoms with Crippen molar-refractivity contribution in [1.82, 2.24) is 9.88 Å². The van der Waals surface area contributed by atoms with Gasteiger partial charge in [-0.15, -0.1) is 11.3 Å². The molecule has 1 amide bonds. The summed E-state index contributed by atoms with van der Waals surface area (Å²) in [4.78, 5) is 38.3. The number of aromatic nitrogens is 1. The maximum Gasteiger partial charge on any atom is 0.325 e. The van der Waals surface area contributed by atoms with Crippen molar-refractivity contribution >= 4 is 29.0 Å². The Morgan fingerprint density at radius 2 is 1.79 bits per heavy atom. The third kappa shape index (κ3) is 4.93. The van der Waals surface area contributed by atoms with Gasteiger partial charge >= 0.3 is 5.97 Å². The fourth-order valence-electron chi connectivity index (χ4n) is 3.68. The quantitative estimate of drug-likeness (QED) is 0.422. The van der Waals surface area contributed by atoms with Crippen molar-refractivity contribution in [2.45, 2.75) is 20.8 Å². The molecule has 0 bridgehead atoms. The Kier molecular flexibility index (Phi) is 6.50. The number of amides is 1. The summed E-state index contributed by atoms with van der Waals surface area (Å²) in [5, 5.41) is 2.51. The molecule has 0 radical (unpaired) electrons. The molecule has 2 aromatic heterocycles. The fourth-order valence-corrected chi connectivity index (χ4v) is 4.47. The highest BCUT2D eigenvalue weighted by molar-refractivity contribution is 7.13. The number of rotatable bonds is 7. The smallest absolute Gasteiger partial charge is 0.325 e. The van der Waals surface area contributed by atoms with Crippen LogP contribution in [0, 0.1) is 20.8 Å². The predicted octanol–water partition coefficient (Wildman–Crippen LogP) is 3.39. The van der Waals surface area contributed by atoms with E-state index >= 15 is 0 Å². The first-order valence-corrected chi connectivity index (χ1v) is 11.3. The van der Waals surface area contributed by atoms with Gasteiger partial charge in [-0.25, -0.2) is 0 Å². The number of Topliss-reactive ketones (excluding diaryl/α,β-unsaturated/α-hetero) is 1. The van der Waals surface area contributed by atoms with Gasteiger partial charge in [0.1, 0.15) is 19.8 Å². The number of thiophene rings is 1. The van der Waals surface area contributed by atoms with Gasteiger partial charge in [0.25, 0.3) is 5.91 Å². The first-order chi connectivity index (χ1) is 15.8. The Morgan fingerprint density at radius 1 is 1.03 bits per heavy atom. The summed E-state index contributed by atoms with van der Waals surface area (Å²) in [5.74, 6) is 0.00946. The molecule has 3 aromatic rings. The molecule has 8 nitrogen and oxygen atoms in total. The number of hydrogen-bond donors (Lipinski definition) is 1. The summed E-state index contributed by atoms with van der Waals surface area (Å²) in [6.45, 7) is 5.92. The lowest BCUT2D eigenvalue weighted by Gasteiger charge is -2.20. The highest BCUT2D eigenvalue weighted by atomic mass is 32.1. The van der Waals surface area contributed by atoms with E-state index in [1.807, 2.05) is 49.6 Å². The van der Waals surface area contributed by atoms with Crippen molar-refractivity contribution in [2.24, 2.45) is 0 Å². The minimum Gasteiger partial charge on any atom is -0.486 e. The molecule has 1 aliphatic heterocycles. The van der Waals surface area contributed by atoms with E-state index in [-0.39, 0.29) is 18.2 Å². The maximum atomic E-state index is 12.7. The number of carbonyl (C=O) groups excluding carboxylic acids is 3. The lowest BCUT2D eigenvalue weighted by Crippen LogP contribution is -2.31. The topological polar surface area (TPSA) is 95.9 Å². The molecule has 0 fully saturated rings. The van der Waals surface area contributed by atoms with Gasteiger partial charge in [0.05, 0.1) is 4.88 Å². The van der Waals surface area contributed by atoms with Crippen molar-refractivity contribution in [3.05, 3.63) is 63.1 Å². The molecule has 0 unspecified atom stereocenters. The van der Waals surface area contributed by atoms with Crippen LogP contribution in [-0.2, 0) is 9.53 Å². The molecule has 1 aliphatic rings. The molecule has 33 heavy (non-hydrogen) atoms. The molecule has 0 atom stereocenters. The summed E-state index contributed by atoms with van der Waals surface area (Å²) < 4.78 is 18.3. The standard InChI is InChI=1S/C24H24N2O6S/c1-14-10-18(16(3)26(14)17-5-6-20-21(11-17)31-9-8-30-20)19(27)13-32-23(28)12-25-24(29)22-7-4-15(2)33-22/h4-7,10-11H,8-9,12-13H2,1-3H3,(H,25,29). The Morgan fingerprint density at radius 3 is 2.52 bits per heavy atom. The number of esters is 1. The van der Waals surface area contributed by atoms with Crippen LogP contribution < -0.4 is 14.8 Å². The van der Waals surface area contributed by atoms with Gasteiger partial charge in [-0.05, 0) is 51.1 Å². The number of carbonyl (C=O) groups is 3. The van der Waals surface area contributed by atoms with Gasteiger partial charge < -0.3 is 24.1 Å². The number of benzene rings is 1. The molecule has 9 heteroatoms. The van der Waals surface area contributed by atoms with Crippen LogP contribution in [0.3, 0.4) is 0 Å². The van der Waals surface area contributed by atoms with Crippen molar-refractivity contribution < 1.29 is 28.6 Å². The third-order valence-electron chi connectivity index (χ3n) is 5.24. The van der Waals surface area contributed by atoms with E-state index in [9.17, 15) is 14.4 Å². The number of fused-ring (bicyclic) bond motifs is 1. The van der Waals surface area contributed by atoms with Crippen LogP contribution in [0.2, 0.25) is 0 Å². The van der Waals surface area contributed by atoms with Crippen LogP contribution in [-0.4, -0.2) is 48.6 Å². The second-order valence-electron chi connectivity index (χ2n) is 7.63. The molecule has 4 rings (SSSR count). The number of ether oxygens (including phenoxy) is 3. The number of ketones is 1. The van der Waals surface area contributed by atoms with Crippen LogP contribution >= 0.6 is 11.3 Å². The second kappa shape index (κ2) is 9.50. The largest absolute Gasteiger partial charge is 0.486 e. The van der Waals surface area contributed by atoms with Crippen molar-refractivity contribution in [3.8, 4) is 17.2 Å². The molecule has 172 valence electrons. The molecule has 3 heterocycles. The summed E-state index contributed by atoms with van der Waals surface area (Å²) in [6.07, 6.45) is 0. The molecule has 0 saturated heterocycles. The van der Waals surface area contributed by atoms with Crippen molar-refractivity contribution in [3.63, 3.8) is 0 Å². The molecule has 0 spiro atoms. The zero-order chi connectivity index (χ0) is 23.5. The minimum absolute atomic E-state index is 0.306. The lowest BCUT2D eigenvalue weighted by molar-refractivity contribution is -0.141. The molecule has 0 saturated carbocycles. The maximum absolute atomic E-state index is 12.7. The normalized spacial score (nSPS) is 12.3. The van der Waals surface area contributed by atoms with Gasteiger partial charge in [-0.1, -0.05) is 0 Å². The number of hydrogen-bond acceptors (Lipinski definition) is 7. The SMILES string of the molecule is Cc1ccc(C(=O)NCC(=O)OCC(=O)c2cc(C)n(-c3ccc4c(c3)OCCO4)c2C)s1. The van der Waals surface area contributed by atoms with E-state index in [1.165, 1.54) is 11.3 Å². The zero-order valence-corrected chi connectivity index (χ0v) is 19.4. The van der Waals surface area contributed by atoms with Crippen LogP contribution in [0.25, 0.3) is 5.69 Å². The summed E-state index contributed by atoms with van der Waals surface area (Å²) in [5.41, 5.74) is 2.90. The molecule has 1 N–H and O–H groups in total. The average Bonchev–Trinajstić information content (AvgIpc) is 3.38. The van der Waals surface area contributed by atoms with E-state index in [0.29, 0.717) is 35.2 Å². The van der Waals surface area contributed by atoms with Crippen molar-refractivity contribution in [2.75, 3.05) is 26.4 Å². The van der Waals surface area contributed by atoms with Gasteiger partial charge in [-0.3, -0.25) is 14.4 Å². The average molecular weight is 469 g/mol. The van der Waals surface area contributed by atoms with Crippen LogP contribution in [0.4, 0.5) is 0 Å². The third-order valence-corrected chi connectivity index (χ3v) is 6.24. The summed E-state index contributed by atoms with van der Waals surface area (Å²) in [7, 11) is 0. The van der Waals surface area contributed by atoms with Crippen molar-refractivity contribution in [1.29, 1.82) is 0 Å². The van der Waals surface area contributed by atoms with Gasteiger partial charge in [0.15, 0.2) is 18.1 Å². The van der Waals surface area contributed by atoms with E-state index < -0.39 is 12.6 Å². The predicted molar refractivity (Wildman–Crippen MR) is 123 cm³/mol. The molecule has 0 aliphatic carbocycles. The minimum atomic E-state index is -0.675. The second-order valence-corrected chi connectivity index (χ2v) is 8.91. The monoisotopic (exact) mass is 468 g/mol. The Labute approximate surface area is 195 Å². The van der Waals surface area contributed by atoms with Crippen LogP contribution in [0.15, 0.2) is 36.4 Å². The van der Waals surface area contributed by atoms with E-state index in [2.05, 4.69) is 5.32 Å². The zero-order valence-electron chi connectivity index (χ0n) is 18.6.